The lowest BCUT2D eigenvalue weighted by Crippen LogP contribution is -2.52. The molecule has 0 aromatic carbocycles. The van der Waals surface area contributed by atoms with E-state index in [1.54, 1.807) is 0 Å². The highest BCUT2D eigenvalue weighted by molar-refractivity contribution is 5.81. The zero-order valence-electron chi connectivity index (χ0n) is 13.9. The summed E-state index contributed by atoms with van der Waals surface area (Å²) in [5.41, 5.74) is 0. The summed E-state index contributed by atoms with van der Waals surface area (Å²) in [6.45, 7) is 9.04. The molecule has 1 amide bonds. The topological polar surface area (TPSA) is 50.4 Å². The second-order valence-corrected chi connectivity index (χ2v) is 7.08. The number of morpholine rings is 1. The first-order chi connectivity index (χ1) is 10.1. The molecule has 0 radical (unpaired) electrons. The summed E-state index contributed by atoms with van der Waals surface area (Å²) in [4.78, 5) is 12.2. The van der Waals surface area contributed by atoms with Gasteiger partial charge < -0.3 is 15.4 Å². The van der Waals surface area contributed by atoms with Crippen LogP contribution in [0.2, 0.25) is 0 Å². The van der Waals surface area contributed by atoms with Gasteiger partial charge in [0.25, 0.3) is 5.91 Å². The highest BCUT2D eigenvalue weighted by Crippen LogP contribution is 2.33. The molecule has 0 spiro atoms. The van der Waals surface area contributed by atoms with Gasteiger partial charge in [-0.2, -0.15) is 0 Å². The minimum Gasteiger partial charge on any atom is -0.366 e. The quantitative estimate of drug-likeness (QED) is 0.818. The van der Waals surface area contributed by atoms with E-state index in [9.17, 15) is 4.79 Å². The van der Waals surface area contributed by atoms with Crippen molar-refractivity contribution < 1.29 is 9.53 Å². The molecule has 122 valence electrons. The molecule has 2 rings (SSSR count). The maximum atomic E-state index is 12.2. The van der Waals surface area contributed by atoms with Gasteiger partial charge in [-0.1, -0.05) is 27.2 Å². The highest BCUT2D eigenvalue weighted by atomic mass is 16.5. The van der Waals surface area contributed by atoms with Gasteiger partial charge in [0, 0.05) is 19.1 Å². The molecular weight excluding hydrogens is 264 g/mol. The van der Waals surface area contributed by atoms with Crippen LogP contribution in [0.25, 0.3) is 0 Å². The minimum absolute atomic E-state index is 0.0689. The van der Waals surface area contributed by atoms with E-state index in [4.69, 9.17) is 4.74 Å². The number of carbonyl (C=O) groups excluding carboxylic acids is 1. The Kier molecular flexibility index (Phi) is 6.49. The SMILES string of the molecule is CCC(C)CC1CCC(NC(=O)C2CNCCO2)C(C)C1. The van der Waals surface area contributed by atoms with Gasteiger partial charge in [0.15, 0.2) is 0 Å². The zero-order chi connectivity index (χ0) is 15.2. The third-order valence-electron chi connectivity index (χ3n) is 5.26. The van der Waals surface area contributed by atoms with E-state index in [0.717, 1.165) is 24.8 Å². The Labute approximate surface area is 129 Å². The predicted molar refractivity (Wildman–Crippen MR) is 85.1 cm³/mol. The molecule has 5 unspecified atom stereocenters. The van der Waals surface area contributed by atoms with Gasteiger partial charge in [-0.3, -0.25) is 4.79 Å². The van der Waals surface area contributed by atoms with Crippen LogP contribution >= 0.6 is 0 Å². The van der Waals surface area contributed by atoms with Gasteiger partial charge in [-0.25, -0.2) is 0 Å². The molecule has 5 atom stereocenters. The summed E-state index contributed by atoms with van der Waals surface area (Å²) >= 11 is 0. The van der Waals surface area contributed by atoms with E-state index in [0.29, 0.717) is 25.1 Å². The van der Waals surface area contributed by atoms with Crippen molar-refractivity contribution in [1.82, 2.24) is 10.6 Å². The predicted octanol–water partition coefficient (Wildman–Crippen LogP) is 2.33. The van der Waals surface area contributed by atoms with Gasteiger partial charge in [-0.05, 0) is 43.4 Å². The van der Waals surface area contributed by atoms with Crippen LogP contribution in [0.1, 0.15) is 52.9 Å². The van der Waals surface area contributed by atoms with E-state index >= 15 is 0 Å². The molecular formula is C17H32N2O2. The molecule has 4 nitrogen and oxygen atoms in total. The molecule has 21 heavy (non-hydrogen) atoms. The Balaban J connectivity index is 1.76. The molecule has 1 saturated carbocycles. The third-order valence-corrected chi connectivity index (χ3v) is 5.26. The fourth-order valence-electron chi connectivity index (χ4n) is 3.68. The fourth-order valence-corrected chi connectivity index (χ4v) is 3.68. The number of hydrogen-bond donors (Lipinski definition) is 2. The maximum Gasteiger partial charge on any atom is 0.250 e. The number of carbonyl (C=O) groups is 1. The molecule has 2 fully saturated rings. The van der Waals surface area contributed by atoms with Crippen LogP contribution in [-0.2, 0) is 9.53 Å². The molecule has 1 heterocycles. The van der Waals surface area contributed by atoms with Crippen molar-refractivity contribution in [3.63, 3.8) is 0 Å². The Hall–Kier alpha value is -0.610. The smallest absolute Gasteiger partial charge is 0.250 e. The summed E-state index contributed by atoms with van der Waals surface area (Å²) in [7, 11) is 0. The van der Waals surface area contributed by atoms with E-state index in [2.05, 4.69) is 31.4 Å². The molecule has 4 heteroatoms. The Morgan fingerprint density at radius 3 is 2.86 bits per heavy atom. The van der Waals surface area contributed by atoms with Crippen molar-refractivity contribution >= 4 is 5.91 Å². The zero-order valence-corrected chi connectivity index (χ0v) is 13.9. The van der Waals surface area contributed by atoms with Crippen molar-refractivity contribution in [1.29, 1.82) is 0 Å². The number of hydrogen-bond acceptors (Lipinski definition) is 3. The minimum atomic E-state index is -0.302. The normalized spacial score (nSPS) is 35.2. The summed E-state index contributed by atoms with van der Waals surface area (Å²) in [6, 6.07) is 0.330. The number of rotatable bonds is 5. The molecule has 0 aromatic rings. The van der Waals surface area contributed by atoms with Crippen LogP contribution in [0.5, 0.6) is 0 Å². The Morgan fingerprint density at radius 2 is 2.24 bits per heavy atom. The van der Waals surface area contributed by atoms with E-state index in [1.165, 1.54) is 25.7 Å². The van der Waals surface area contributed by atoms with Crippen molar-refractivity contribution in [3.8, 4) is 0 Å². The first-order valence-corrected chi connectivity index (χ1v) is 8.72. The molecule has 2 N–H and O–H groups in total. The van der Waals surface area contributed by atoms with E-state index < -0.39 is 0 Å². The van der Waals surface area contributed by atoms with Gasteiger partial charge in [0.05, 0.1) is 6.61 Å². The van der Waals surface area contributed by atoms with Gasteiger partial charge in [0.1, 0.15) is 6.10 Å². The second kappa shape index (κ2) is 8.14. The Bertz CT molecular complexity index is 329. The number of amides is 1. The summed E-state index contributed by atoms with van der Waals surface area (Å²) in [6.07, 6.45) is 5.94. The van der Waals surface area contributed by atoms with Crippen LogP contribution in [0.15, 0.2) is 0 Å². The van der Waals surface area contributed by atoms with E-state index in [1.807, 2.05) is 0 Å². The largest absolute Gasteiger partial charge is 0.366 e. The van der Waals surface area contributed by atoms with Crippen molar-refractivity contribution in [3.05, 3.63) is 0 Å². The molecule has 2 aliphatic rings. The summed E-state index contributed by atoms with van der Waals surface area (Å²) < 4.78 is 5.53. The molecule has 1 saturated heterocycles. The van der Waals surface area contributed by atoms with Crippen molar-refractivity contribution in [2.24, 2.45) is 17.8 Å². The average molecular weight is 296 g/mol. The third kappa shape index (κ3) is 4.96. The number of nitrogens with one attached hydrogen (secondary N) is 2. The second-order valence-electron chi connectivity index (χ2n) is 7.08. The van der Waals surface area contributed by atoms with Gasteiger partial charge in [0.2, 0.25) is 0 Å². The number of ether oxygens (including phenoxy) is 1. The van der Waals surface area contributed by atoms with Crippen molar-refractivity contribution in [2.75, 3.05) is 19.7 Å². The lowest BCUT2D eigenvalue weighted by atomic mass is 9.75. The van der Waals surface area contributed by atoms with Gasteiger partial charge >= 0.3 is 0 Å². The fraction of sp³-hybridized carbons (Fsp3) is 0.941. The van der Waals surface area contributed by atoms with Crippen LogP contribution in [0.3, 0.4) is 0 Å². The monoisotopic (exact) mass is 296 g/mol. The standard InChI is InChI=1S/C17H32N2O2/c1-4-12(2)9-14-5-6-15(13(3)10-14)19-17(20)16-11-18-7-8-21-16/h12-16,18H,4-11H2,1-3H3,(H,19,20). The lowest BCUT2D eigenvalue weighted by molar-refractivity contribution is -0.135. The van der Waals surface area contributed by atoms with Crippen LogP contribution in [0.4, 0.5) is 0 Å². The molecule has 0 bridgehead atoms. The van der Waals surface area contributed by atoms with Crippen LogP contribution in [-0.4, -0.2) is 37.7 Å². The van der Waals surface area contributed by atoms with Gasteiger partial charge in [-0.15, -0.1) is 0 Å². The summed E-state index contributed by atoms with van der Waals surface area (Å²) in [5.74, 6) is 2.32. The summed E-state index contributed by atoms with van der Waals surface area (Å²) in [5, 5.41) is 6.44. The van der Waals surface area contributed by atoms with Crippen molar-refractivity contribution in [2.45, 2.75) is 65.0 Å². The molecule has 1 aliphatic carbocycles. The molecule has 1 aliphatic heterocycles. The van der Waals surface area contributed by atoms with Crippen LogP contribution < -0.4 is 10.6 Å². The lowest BCUT2D eigenvalue weighted by Gasteiger charge is -2.36. The maximum absolute atomic E-state index is 12.2. The Morgan fingerprint density at radius 1 is 1.43 bits per heavy atom. The first kappa shape index (κ1) is 16.8. The first-order valence-electron chi connectivity index (χ1n) is 8.72. The average Bonchev–Trinajstić information content (AvgIpc) is 2.50. The van der Waals surface area contributed by atoms with Crippen LogP contribution in [0, 0.1) is 17.8 Å². The van der Waals surface area contributed by atoms with E-state index in [-0.39, 0.29) is 12.0 Å². The molecule has 0 aromatic heterocycles. The highest BCUT2D eigenvalue weighted by Gasteiger charge is 2.31.